The summed E-state index contributed by atoms with van der Waals surface area (Å²) in [6, 6.07) is 13.2. The fourth-order valence-electron chi connectivity index (χ4n) is 2.75. The molecule has 0 saturated heterocycles. The van der Waals surface area contributed by atoms with E-state index in [1.54, 1.807) is 0 Å². The van der Waals surface area contributed by atoms with Crippen LogP contribution >= 0.6 is 11.8 Å². The number of halogens is 1. The molecule has 0 unspecified atom stereocenters. The van der Waals surface area contributed by atoms with Crippen molar-refractivity contribution in [2.75, 3.05) is 20.1 Å². The molecule has 1 heterocycles. The van der Waals surface area contributed by atoms with Crippen molar-refractivity contribution in [3.8, 4) is 0 Å². The van der Waals surface area contributed by atoms with E-state index in [0.717, 1.165) is 30.8 Å². The van der Waals surface area contributed by atoms with Gasteiger partial charge in [-0.2, -0.15) is 0 Å². The maximum atomic E-state index is 13.0. The Labute approximate surface area is 147 Å². The van der Waals surface area contributed by atoms with Crippen LogP contribution in [0.2, 0.25) is 0 Å². The van der Waals surface area contributed by atoms with Crippen LogP contribution in [0.4, 0.5) is 4.39 Å². The Morgan fingerprint density at radius 2 is 1.92 bits per heavy atom. The van der Waals surface area contributed by atoms with Crippen LogP contribution in [0.5, 0.6) is 0 Å². The molecule has 3 aromatic rings. The van der Waals surface area contributed by atoms with Crippen molar-refractivity contribution in [1.82, 2.24) is 9.88 Å². The highest BCUT2D eigenvalue weighted by atomic mass is 32.2. The number of hydrogen-bond donors (Lipinski definition) is 1. The molecule has 0 aliphatic heterocycles. The van der Waals surface area contributed by atoms with E-state index in [0.29, 0.717) is 0 Å². The highest BCUT2D eigenvalue weighted by molar-refractivity contribution is 7.98. The molecule has 0 radical (unpaired) electrons. The highest BCUT2D eigenvalue weighted by Crippen LogP contribution is 2.32. The summed E-state index contributed by atoms with van der Waals surface area (Å²) in [4.78, 5) is 7.01. The molecule has 2 aromatic carbocycles. The van der Waals surface area contributed by atoms with Gasteiger partial charge < -0.3 is 9.88 Å². The van der Waals surface area contributed by atoms with Crippen LogP contribution in [0.1, 0.15) is 18.1 Å². The first-order chi connectivity index (χ1) is 11.7. The molecule has 4 heteroatoms. The Balaban J connectivity index is 1.79. The molecule has 2 nitrogen and oxygen atoms in total. The van der Waals surface area contributed by atoms with Gasteiger partial charge >= 0.3 is 0 Å². The van der Waals surface area contributed by atoms with Gasteiger partial charge in [-0.05, 0) is 55.4 Å². The number of hydrogen-bond acceptors (Lipinski definition) is 2. The van der Waals surface area contributed by atoms with Crippen molar-refractivity contribution in [2.24, 2.45) is 0 Å². The Bertz CT molecular complexity index is 795. The molecule has 0 aliphatic rings. The number of thioether (sulfide) groups is 1. The largest absolute Gasteiger partial charge is 0.361 e. The quantitative estimate of drug-likeness (QED) is 0.603. The third kappa shape index (κ3) is 4.00. The van der Waals surface area contributed by atoms with E-state index in [1.807, 2.05) is 23.9 Å². The second kappa shape index (κ2) is 7.86. The van der Waals surface area contributed by atoms with E-state index in [9.17, 15) is 4.39 Å². The second-order valence-electron chi connectivity index (χ2n) is 6.05. The summed E-state index contributed by atoms with van der Waals surface area (Å²) in [5.41, 5.74) is 3.70. The Kier molecular flexibility index (Phi) is 5.59. The van der Waals surface area contributed by atoms with Crippen LogP contribution in [0, 0.1) is 5.82 Å². The van der Waals surface area contributed by atoms with Crippen molar-refractivity contribution in [2.45, 2.75) is 24.0 Å². The maximum Gasteiger partial charge on any atom is 0.123 e. The van der Waals surface area contributed by atoms with Crippen LogP contribution in [0.3, 0.4) is 0 Å². The lowest BCUT2D eigenvalue weighted by Crippen LogP contribution is -2.20. The third-order valence-corrected chi connectivity index (χ3v) is 5.49. The van der Waals surface area contributed by atoms with Crippen molar-refractivity contribution in [3.63, 3.8) is 0 Å². The minimum atomic E-state index is -0.182. The molecular weight excluding hydrogens is 319 g/mol. The van der Waals surface area contributed by atoms with Crippen LogP contribution < -0.4 is 0 Å². The fourth-order valence-corrected chi connectivity index (χ4v) is 3.82. The van der Waals surface area contributed by atoms with E-state index < -0.39 is 0 Å². The Morgan fingerprint density at radius 1 is 1.12 bits per heavy atom. The maximum absolute atomic E-state index is 13.0. The van der Waals surface area contributed by atoms with Crippen LogP contribution in [-0.4, -0.2) is 30.0 Å². The van der Waals surface area contributed by atoms with Gasteiger partial charge in [-0.1, -0.05) is 25.1 Å². The molecule has 0 saturated carbocycles. The molecule has 0 bridgehead atoms. The first kappa shape index (κ1) is 17.1. The predicted molar refractivity (Wildman–Crippen MR) is 101 cm³/mol. The van der Waals surface area contributed by atoms with Crippen molar-refractivity contribution in [3.05, 3.63) is 65.6 Å². The molecule has 0 aliphatic carbocycles. The van der Waals surface area contributed by atoms with E-state index >= 15 is 0 Å². The summed E-state index contributed by atoms with van der Waals surface area (Å²) in [6.07, 6.45) is 3.18. The number of aromatic amines is 1. The normalized spacial score (nSPS) is 11.5. The van der Waals surface area contributed by atoms with Crippen LogP contribution in [-0.2, 0) is 12.2 Å². The highest BCUT2D eigenvalue weighted by Gasteiger charge is 2.10. The van der Waals surface area contributed by atoms with Gasteiger partial charge in [0.15, 0.2) is 0 Å². The fraction of sp³-hybridized carbons (Fsp3) is 0.300. The molecule has 0 spiro atoms. The lowest BCUT2D eigenvalue weighted by atomic mass is 10.1. The van der Waals surface area contributed by atoms with Crippen molar-refractivity contribution >= 4 is 22.7 Å². The molecule has 0 atom stereocenters. The van der Waals surface area contributed by atoms with E-state index in [1.165, 1.54) is 33.5 Å². The summed E-state index contributed by atoms with van der Waals surface area (Å²) in [5, 5.41) is 1.33. The molecule has 126 valence electrons. The smallest absolute Gasteiger partial charge is 0.123 e. The van der Waals surface area contributed by atoms with Gasteiger partial charge in [0.2, 0.25) is 0 Å². The average molecular weight is 342 g/mol. The second-order valence-corrected chi connectivity index (χ2v) is 7.07. The van der Waals surface area contributed by atoms with Gasteiger partial charge in [0.25, 0.3) is 0 Å². The van der Waals surface area contributed by atoms with Crippen LogP contribution in [0.15, 0.2) is 53.6 Å². The molecule has 1 aromatic heterocycles. The number of nitrogens with zero attached hydrogens (tertiary/aromatic N) is 1. The van der Waals surface area contributed by atoms with Gasteiger partial charge in [0.05, 0.1) is 0 Å². The summed E-state index contributed by atoms with van der Waals surface area (Å²) >= 11 is 1.81. The standard InChI is InChI=1S/C20H23FN2S/c1-3-23(2)12-11-16-13-22-18-5-4-6-19(20(16)18)24-14-15-7-9-17(21)10-8-15/h4-10,13,22H,3,11-12,14H2,1-2H3. The lowest BCUT2D eigenvalue weighted by Gasteiger charge is -2.13. The zero-order chi connectivity index (χ0) is 16.9. The monoisotopic (exact) mass is 342 g/mol. The summed E-state index contributed by atoms with van der Waals surface area (Å²) in [6.45, 7) is 4.30. The van der Waals surface area contributed by atoms with Crippen LogP contribution in [0.25, 0.3) is 10.9 Å². The molecule has 0 fully saturated rings. The Hall–Kier alpha value is -1.78. The predicted octanol–water partition coefficient (Wildman–Crippen LogP) is 5.09. The van der Waals surface area contributed by atoms with Gasteiger partial charge in [0.1, 0.15) is 5.82 Å². The lowest BCUT2D eigenvalue weighted by molar-refractivity contribution is 0.358. The van der Waals surface area contributed by atoms with Gasteiger partial charge in [0, 0.05) is 34.3 Å². The van der Waals surface area contributed by atoms with E-state index in [2.05, 4.69) is 48.3 Å². The number of nitrogens with one attached hydrogen (secondary N) is 1. The number of rotatable bonds is 7. The molecular formula is C20H23FN2S. The van der Waals surface area contributed by atoms with Gasteiger partial charge in [-0.25, -0.2) is 4.39 Å². The number of H-pyrrole nitrogens is 1. The van der Waals surface area contributed by atoms with E-state index in [-0.39, 0.29) is 5.82 Å². The number of fused-ring (bicyclic) bond motifs is 1. The topological polar surface area (TPSA) is 19.0 Å². The number of aromatic nitrogens is 1. The van der Waals surface area contributed by atoms with Crippen molar-refractivity contribution in [1.29, 1.82) is 0 Å². The summed E-state index contributed by atoms with van der Waals surface area (Å²) in [7, 11) is 2.15. The minimum Gasteiger partial charge on any atom is -0.361 e. The average Bonchev–Trinajstić information content (AvgIpc) is 3.03. The summed E-state index contributed by atoms with van der Waals surface area (Å²) in [5.74, 6) is 0.664. The zero-order valence-corrected chi connectivity index (χ0v) is 15.0. The first-order valence-electron chi connectivity index (χ1n) is 8.32. The molecule has 1 N–H and O–H groups in total. The molecule has 24 heavy (non-hydrogen) atoms. The molecule has 3 rings (SSSR count). The number of likely N-dealkylation sites (N-methyl/N-ethyl adjacent to an activating group) is 1. The first-order valence-corrected chi connectivity index (χ1v) is 9.30. The molecule has 0 amide bonds. The van der Waals surface area contributed by atoms with Gasteiger partial charge in [-0.3, -0.25) is 0 Å². The number of benzene rings is 2. The van der Waals surface area contributed by atoms with E-state index in [4.69, 9.17) is 0 Å². The van der Waals surface area contributed by atoms with Crippen molar-refractivity contribution < 1.29 is 4.39 Å². The Morgan fingerprint density at radius 3 is 2.67 bits per heavy atom. The van der Waals surface area contributed by atoms with Gasteiger partial charge in [-0.15, -0.1) is 11.8 Å². The SMILES string of the molecule is CCN(C)CCc1c[nH]c2cccc(SCc3ccc(F)cc3)c12. The minimum absolute atomic E-state index is 0.182. The third-order valence-electron chi connectivity index (χ3n) is 4.36. The summed E-state index contributed by atoms with van der Waals surface area (Å²) < 4.78 is 13.0. The zero-order valence-electron chi connectivity index (χ0n) is 14.2.